The fraction of sp³-hybridized carbons (Fsp3) is 0.545. The van der Waals surface area contributed by atoms with E-state index in [0.29, 0.717) is 5.25 Å². The Morgan fingerprint density at radius 2 is 2.20 bits per heavy atom. The highest BCUT2D eigenvalue weighted by Gasteiger charge is 2.06. The molecule has 0 spiro atoms. The van der Waals surface area contributed by atoms with E-state index in [1.165, 1.54) is 0 Å². The molecule has 1 atom stereocenters. The molecule has 2 nitrogen and oxygen atoms in total. The molecule has 2 N–H and O–H groups in total. The first-order valence-corrected chi connectivity index (χ1v) is 6.89. The number of halogens is 1. The minimum Gasteiger partial charge on any atom is -0.327 e. The van der Waals surface area contributed by atoms with E-state index in [0.717, 1.165) is 22.3 Å². The van der Waals surface area contributed by atoms with Crippen LogP contribution in [0.3, 0.4) is 0 Å². The van der Waals surface area contributed by atoms with Crippen molar-refractivity contribution in [2.24, 2.45) is 5.73 Å². The van der Waals surface area contributed by atoms with Gasteiger partial charge in [-0.2, -0.15) is 11.8 Å². The molecule has 1 heterocycles. The quantitative estimate of drug-likeness (QED) is 0.906. The van der Waals surface area contributed by atoms with Gasteiger partial charge in [-0.05, 0) is 33.3 Å². The van der Waals surface area contributed by atoms with E-state index in [2.05, 4.69) is 34.8 Å². The van der Waals surface area contributed by atoms with Crippen LogP contribution in [-0.2, 0) is 6.42 Å². The molecule has 1 aromatic heterocycles. The highest BCUT2D eigenvalue weighted by Crippen LogP contribution is 2.13. The highest BCUT2D eigenvalue weighted by atomic mass is 79.9. The number of hydrogen-bond acceptors (Lipinski definition) is 3. The lowest BCUT2D eigenvalue weighted by Gasteiger charge is -2.12. The molecule has 0 aliphatic heterocycles. The predicted molar refractivity (Wildman–Crippen MR) is 71.2 cm³/mol. The maximum atomic E-state index is 6.02. The Kier molecular flexibility index (Phi) is 5.64. The minimum atomic E-state index is 0.200. The maximum absolute atomic E-state index is 6.02. The molecule has 1 aromatic rings. The van der Waals surface area contributed by atoms with E-state index in [4.69, 9.17) is 5.73 Å². The van der Waals surface area contributed by atoms with Crippen molar-refractivity contribution in [3.63, 3.8) is 0 Å². The van der Waals surface area contributed by atoms with Gasteiger partial charge >= 0.3 is 0 Å². The summed E-state index contributed by atoms with van der Waals surface area (Å²) in [6, 6.07) is 4.22. The van der Waals surface area contributed by atoms with Crippen molar-refractivity contribution in [1.82, 2.24) is 4.98 Å². The molecular formula is C11H17BrN2S. The van der Waals surface area contributed by atoms with Crippen molar-refractivity contribution in [3.8, 4) is 0 Å². The zero-order valence-corrected chi connectivity index (χ0v) is 11.5. The van der Waals surface area contributed by atoms with Gasteiger partial charge in [-0.3, -0.25) is 4.98 Å². The summed E-state index contributed by atoms with van der Waals surface area (Å²) in [4.78, 5) is 4.31. The van der Waals surface area contributed by atoms with Gasteiger partial charge < -0.3 is 5.73 Å². The molecule has 1 rings (SSSR count). The SMILES string of the molecule is CC(C)SCC(N)Cc1ccc(Br)cn1. The van der Waals surface area contributed by atoms with E-state index >= 15 is 0 Å². The molecule has 0 aliphatic rings. The van der Waals surface area contributed by atoms with Crippen LogP contribution in [0, 0.1) is 0 Å². The van der Waals surface area contributed by atoms with Gasteiger partial charge in [-0.15, -0.1) is 0 Å². The zero-order chi connectivity index (χ0) is 11.3. The van der Waals surface area contributed by atoms with Crippen molar-refractivity contribution >= 4 is 27.7 Å². The Labute approximate surface area is 104 Å². The lowest BCUT2D eigenvalue weighted by atomic mass is 10.2. The van der Waals surface area contributed by atoms with Gasteiger partial charge in [-0.25, -0.2) is 0 Å². The number of aromatic nitrogens is 1. The molecule has 0 bridgehead atoms. The molecule has 0 radical (unpaired) electrons. The molecule has 0 saturated carbocycles. The Balaban J connectivity index is 2.37. The molecule has 0 aliphatic carbocycles. The van der Waals surface area contributed by atoms with Gasteiger partial charge in [0.2, 0.25) is 0 Å². The van der Waals surface area contributed by atoms with E-state index in [1.54, 1.807) is 0 Å². The van der Waals surface area contributed by atoms with Gasteiger partial charge in [0.15, 0.2) is 0 Å². The summed E-state index contributed by atoms with van der Waals surface area (Å²) in [6.07, 6.45) is 2.67. The number of thioether (sulfide) groups is 1. The molecular weight excluding hydrogens is 272 g/mol. The van der Waals surface area contributed by atoms with Crippen molar-refractivity contribution in [1.29, 1.82) is 0 Å². The van der Waals surface area contributed by atoms with Crippen LogP contribution in [0.15, 0.2) is 22.8 Å². The Morgan fingerprint density at radius 3 is 2.73 bits per heavy atom. The van der Waals surface area contributed by atoms with Gasteiger partial charge in [0.25, 0.3) is 0 Å². The van der Waals surface area contributed by atoms with E-state index in [9.17, 15) is 0 Å². The topological polar surface area (TPSA) is 38.9 Å². The summed E-state index contributed by atoms with van der Waals surface area (Å²) in [6.45, 7) is 4.38. The van der Waals surface area contributed by atoms with Crippen LogP contribution in [0.1, 0.15) is 19.5 Å². The first-order chi connectivity index (χ1) is 7.08. The standard InChI is InChI=1S/C11H17BrN2S/c1-8(2)15-7-10(13)5-11-4-3-9(12)6-14-11/h3-4,6,8,10H,5,7,13H2,1-2H3. The third kappa shape index (κ3) is 5.54. The van der Waals surface area contributed by atoms with E-state index in [1.807, 2.05) is 30.1 Å². The molecule has 1 unspecified atom stereocenters. The minimum absolute atomic E-state index is 0.200. The lowest BCUT2D eigenvalue weighted by Crippen LogP contribution is -2.26. The predicted octanol–water partition coefficient (Wildman–Crippen LogP) is 2.86. The smallest absolute Gasteiger partial charge is 0.0420 e. The first-order valence-electron chi connectivity index (χ1n) is 5.05. The third-order valence-corrected chi connectivity index (χ3v) is 3.66. The second kappa shape index (κ2) is 6.51. The summed E-state index contributed by atoms with van der Waals surface area (Å²) in [7, 11) is 0. The number of hydrogen-bond donors (Lipinski definition) is 1. The maximum Gasteiger partial charge on any atom is 0.0420 e. The van der Waals surface area contributed by atoms with Crippen LogP contribution in [0.5, 0.6) is 0 Å². The third-order valence-electron chi connectivity index (χ3n) is 1.90. The van der Waals surface area contributed by atoms with Gasteiger partial charge in [-0.1, -0.05) is 13.8 Å². The van der Waals surface area contributed by atoms with Crippen molar-refractivity contribution in [2.45, 2.75) is 31.6 Å². The van der Waals surface area contributed by atoms with Crippen LogP contribution < -0.4 is 5.73 Å². The summed E-state index contributed by atoms with van der Waals surface area (Å²) in [5.74, 6) is 0.995. The van der Waals surface area contributed by atoms with Gasteiger partial charge in [0.1, 0.15) is 0 Å². The molecule has 0 amide bonds. The fourth-order valence-electron chi connectivity index (χ4n) is 1.17. The second-order valence-corrected chi connectivity index (χ2v) is 6.34. The van der Waals surface area contributed by atoms with Crippen LogP contribution >= 0.6 is 27.7 Å². The van der Waals surface area contributed by atoms with Crippen molar-refractivity contribution in [2.75, 3.05) is 5.75 Å². The summed E-state index contributed by atoms with van der Waals surface area (Å²) in [5.41, 5.74) is 7.08. The van der Waals surface area contributed by atoms with Crippen LogP contribution in [0.25, 0.3) is 0 Å². The van der Waals surface area contributed by atoms with Gasteiger partial charge in [0, 0.05) is 34.6 Å². The van der Waals surface area contributed by atoms with Gasteiger partial charge in [0.05, 0.1) is 0 Å². The number of nitrogens with two attached hydrogens (primary N) is 1. The number of pyridine rings is 1. The molecule has 0 aromatic carbocycles. The van der Waals surface area contributed by atoms with Crippen LogP contribution in [0.4, 0.5) is 0 Å². The van der Waals surface area contributed by atoms with Crippen LogP contribution in [0.2, 0.25) is 0 Å². The summed E-state index contributed by atoms with van der Waals surface area (Å²) >= 11 is 5.26. The zero-order valence-electron chi connectivity index (χ0n) is 9.11. The summed E-state index contributed by atoms with van der Waals surface area (Å²) in [5, 5.41) is 0.647. The summed E-state index contributed by atoms with van der Waals surface area (Å²) < 4.78 is 1.01. The molecule has 0 saturated heterocycles. The van der Waals surface area contributed by atoms with Crippen molar-refractivity contribution in [3.05, 3.63) is 28.5 Å². The number of rotatable bonds is 5. The highest BCUT2D eigenvalue weighted by molar-refractivity contribution is 9.10. The molecule has 0 fully saturated rings. The first kappa shape index (κ1) is 13.0. The van der Waals surface area contributed by atoms with Crippen molar-refractivity contribution < 1.29 is 0 Å². The Hall–Kier alpha value is -0.0600. The van der Waals surface area contributed by atoms with Crippen LogP contribution in [-0.4, -0.2) is 22.0 Å². The molecule has 4 heteroatoms. The molecule has 84 valence electrons. The van der Waals surface area contributed by atoms with E-state index in [-0.39, 0.29) is 6.04 Å². The fourth-order valence-corrected chi connectivity index (χ4v) is 2.16. The normalized spacial score (nSPS) is 13.1. The Bertz CT molecular complexity index is 287. The average Bonchev–Trinajstić information content (AvgIpc) is 2.19. The molecule has 15 heavy (non-hydrogen) atoms. The second-order valence-electron chi connectivity index (χ2n) is 3.81. The Morgan fingerprint density at radius 1 is 1.47 bits per heavy atom. The lowest BCUT2D eigenvalue weighted by molar-refractivity contribution is 0.730. The monoisotopic (exact) mass is 288 g/mol. The number of nitrogens with zero attached hydrogens (tertiary/aromatic N) is 1. The largest absolute Gasteiger partial charge is 0.327 e. The average molecular weight is 289 g/mol. The van der Waals surface area contributed by atoms with E-state index < -0.39 is 0 Å².